The van der Waals surface area contributed by atoms with Crippen LogP contribution in [0.4, 0.5) is 11.5 Å². The van der Waals surface area contributed by atoms with E-state index in [1.807, 2.05) is 0 Å². The van der Waals surface area contributed by atoms with Crippen molar-refractivity contribution in [3.63, 3.8) is 0 Å². The highest BCUT2D eigenvalue weighted by Crippen LogP contribution is 2.28. The molecule has 27 heavy (non-hydrogen) atoms. The fraction of sp³-hybridized carbons (Fsp3) is 0.125. The largest absolute Gasteiger partial charge is 0.411 e. The first-order valence-electron chi connectivity index (χ1n) is 7.60. The summed E-state index contributed by atoms with van der Waals surface area (Å²) in [5.74, 6) is 0.206. The number of benzene rings is 1. The Bertz CT molecular complexity index is 979. The van der Waals surface area contributed by atoms with Gasteiger partial charge in [0.25, 0.3) is 10.9 Å². The number of nitro groups is 1. The number of pyridine rings is 1. The molecule has 0 fully saturated rings. The zero-order valence-corrected chi connectivity index (χ0v) is 15.4. The van der Waals surface area contributed by atoms with E-state index < -0.39 is 10.2 Å². The summed E-state index contributed by atoms with van der Waals surface area (Å²) in [5.41, 5.74) is 0.342. The summed E-state index contributed by atoms with van der Waals surface area (Å²) >= 11 is 6.81. The van der Waals surface area contributed by atoms with Crippen molar-refractivity contribution < 1.29 is 14.1 Å². The number of carbonyl (C=O) groups is 1. The number of aromatic nitrogens is 3. The molecule has 0 saturated heterocycles. The van der Waals surface area contributed by atoms with Crippen LogP contribution in [-0.2, 0) is 4.79 Å². The summed E-state index contributed by atoms with van der Waals surface area (Å²) in [6.07, 6.45) is 1.43. The molecule has 0 saturated carbocycles. The first-order valence-corrected chi connectivity index (χ1v) is 8.85. The molecule has 2 aromatic heterocycles. The van der Waals surface area contributed by atoms with Crippen LogP contribution >= 0.6 is 23.4 Å². The summed E-state index contributed by atoms with van der Waals surface area (Å²) in [6.45, 7) is 1.67. The van der Waals surface area contributed by atoms with Crippen LogP contribution in [0.25, 0.3) is 11.5 Å². The standard InChI is InChI=1S/C16H12ClN5O4S/c1-9(14(23)19-13-6-5-11(17)8-18-13)27-16-21-20-15(26-16)10-3-2-4-12(7-10)22(24)25/h2-9H,1H3,(H,18,19,23)/t9-/m1/s1. The van der Waals surface area contributed by atoms with Crippen molar-refractivity contribution in [1.82, 2.24) is 15.2 Å². The number of nitro benzene ring substituents is 1. The molecule has 11 heteroatoms. The normalized spacial score (nSPS) is 11.8. The van der Waals surface area contributed by atoms with Gasteiger partial charge in [0.1, 0.15) is 5.82 Å². The highest BCUT2D eigenvalue weighted by atomic mass is 35.5. The van der Waals surface area contributed by atoms with Gasteiger partial charge in [0.05, 0.1) is 15.2 Å². The highest BCUT2D eigenvalue weighted by molar-refractivity contribution is 8.00. The Morgan fingerprint density at radius 1 is 1.33 bits per heavy atom. The third-order valence-corrected chi connectivity index (χ3v) is 4.49. The molecule has 9 nitrogen and oxygen atoms in total. The van der Waals surface area contributed by atoms with Crippen LogP contribution in [0.1, 0.15) is 6.92 Å². The maximum Gasteiger partial charge on any atom is 0.277 e. The number of nitrogens with zero attached hydrogens (tertiary/aromatic N) is 4. The lowest BCUT2D eigenvalue weighted by Gasteiger charge is -2.09. The Morgan fingerprint density at radius 3 is 2.85 bits per heavy atom. The lowest BCUT2D eigenvalue weighted by atomic mass is 10.2. The second kappa shape index (κ2) is 8.14. The third-order valence-electron chi connectivity index (χ3n) is 3.34. The summed E-state index contributed by atoms with van der Waals surface area (Å²) in [5, 5.41) is 21.4. The molecule has 0 spiro atoms. The Kier molecular flexibility index (Phi) is 5.67. The van der Waals surface area contributed by atoms with Crippen molar-refractivity contribution in [3.05, 3.63) is 57.7 Å². The van der Waals surface area contributed by atoms with Gasteiger partial charge in [-0.3, -0.25) is 14.9 Å². The van der Waals surface area contributed by atoms with Crippen LogP contribution < -0.4 is 5.32 Å². The van der Waals surface area contributed by atoms with Gasteiger partial charge in [-0.2, -0.15) is 0 Å². The van der Waals surface area contributed by atoms with E-state index >= 15 is 0 Å². The van der Waals surface area contributed by atoms with Crippen LogP contribution in [0.3, 0.4) is 0 Å². The lowest BCUT2D eigenvalue weighted by molar-refractivity contribution is -0.384. The van der Waals surface area contributed by atoms with E-state index in [1.54, 1.807) is 25.1 Å². The number of hydrogen-bond acceptors (Lipinski definition) is 8. The Morgan fingerprint density at radius 2 is 2.15 bits per heavy atom. The van der Waals surface area contributed by atoms with Gasteiger partial charge in [-0.15, -0.1) is 10.2 Å². The number of anilines is 1. The van der Waals surface area contributed by atoms with E-state index in [1.165, 1.54) is 24.4 Å². The fourth-order valence-electron chi connectivity index (χ4n) is 2.01. The molecular formula is C16H12ClN5O4S. The minimum Gasteiger partial charge on any atom is -0.411 e. The Balaban J connectivity index is 1.66. The number of carbonyl (C=O) groups excluding carboxylic acids is 1. The molecule has 138 valence electrons. The summed E-state index contributed by atoms with van der Waals surface area (Å²) in [6, 6.07) is 9.06. The van der Waals surface area contributed by atoms with E-state index in [0.29, 0.717) is 16.4 Å². The molecule has 3 rings (SSSR count). The average Bonchev–Trinajstić information content (AvgIpc) is 3.12. The summed E-state index contributed by atoms with van der Waals surface area (Å²) in [7, 11) is 0. The van der Waals surface area contributed by atoms with Gasteiger partial charge in [-0.1, -0.05) is 29.4 Å². The molecule has 3 aromatic rings. The van der Waals surface area contributed by atoms with Crippen molar-refractivity contribution in [1.29, 1.82) is 0 Å². The molecule has 2 heterocycles. The number of rotatable bonds is 6. The summed E-state index contributed by atoms with van der Waals surface area (Å²) < 4.78 is 5.50. The van der Waals surface area contributed by atoms with E-state index in [2.05, 4.69) is 20.5 Å². The Hall–Kier alpha value is -2.98. The van der Waals surface area contributed by atoms with Crippen LogP contribution in [0.5, 0.6) is 0 Å². The van der Waals surface area contributed by atoms with Crippen LogP contribution in [-0.4, -0.2) is 31.3 Å². The van der Waals surface area contributed by atoms with Gasteiger partial charge in [0, 0.05) is 23.9 Å². The molecule has 1 aromatic carbocycles. The number of halogens is 1. The van der Waals surface area contributed by atoms with Crippen molar-refractivity contribution in [2.75, 3.05) is 5.32 Å². The third kappa shape index (κ3) is 4.80. The lowest BCUT2D eigenvalue weighted by Crippen LogP contribution is -2.22. The smallest absolute Gasteiger partial charge is 0.277 e. The maximum absolute atomic E-state index is 12.2. The Labute approximate surface area is 162 Å². The van der Waals surface area contributed by atoms with Crippen molar-refractivity contribution >= 4 is 40.8 Å². The topological polar surface area (TPSA) is 124 Å². The number of nitrogens with one attached hydrogen (secondary N) is 1. The van der Waals surface area contributed by atoms with Crippen molar-refractivity contribution in [2.45, 2.75) is 17.4 Å². The molecule has 0 aliphatic rings. The average molecular weight is 406 g/mol. The minimum atomic E-state index is -0.541. The van der Waals surface area contributed by atoms with Gasteiger partial charge in [0.15, 0.2) is 0 Å². The number of thioether (sulfide) groups is 1. The molecular weight excluding hydrogens is 394 g/mol. The van der Waals surface area contributed by atoms with Crippen LogP contribution in [0.2, 0.25) is 5.02 Å². The second-order valence-corrected chi connectivity index (χ2v) is 7.02. The van der Waals surface area contributed by atoms with Crippen molar-refractivity contribution in [2.24, 2.45) is 0 Å². The zero-order valence-electron chi connectivity index (χ0n) is 13.8. The molecule has 0 aliphatic carbocycles. The van der Waals surface area contributed by atoms with Gasteiger partial charge in [-0.25, -0.2) is 4.98 Å². The molecule has 1 amide bonds. The van der Waals surface area contributed by atoms with Gasteiger partial charge in [-0.05, 0) is 25.1 Å². The minimum absolute atomic E-state index is 0.0805. The maximum atomic E-state index is 12.2. The van der Waals surface area contributed by atoms with E-state index in [-0.39, 0.29) is 22.7 Å². The molecule has 0 radical (unpaired) electrons. The van der Waals surface area contributed by atoms with E-state index in [4.69, 9.17) is 16.0 Å². The quantitative estimate of drug-likeness (QED) is 0.373. The SMILES string of the molecule is C[C@@H](Sc1nnc(-c2cccc([N+](=O)[O-])c2)o1)C(=O)Nc1ccc(Cl)cn1. The molecule has 0 bridgehead atoms. The van der Waals surface area contributed by atoms with Gasteiger partial charge < -0.3 is 9.73 Å². The fourth-order valence-corrected chi connectivity index (χ4v) is 2.80. The first-order chi connectivity index (χ1) is 12.9. The van der Waals surface area contributed by atoms with Crippen LogP contribution in [0.15, 0.2) is 52.2 Å². The van der Waals surface area contributed by atoms with E-state index in [9.17, 15) is 14.9 Å². The van der Waals surface area contributed by atoms with Gasteiger partial charge in [0.2, 0.25) is 11.8 Å². The predicted molar refractivity (Wildman–Crippen MR) is 99.6 cm³/mol. The monoisotopic (exact) mass is 405 g/mol. The number of non-ortho nitro benzene ring substituents is 1. The van der Waals surface area contributed by atoms with Gasteiger partial charge >= 0.3 is 0 Å². The summed E-state index contributed by atoms with van der Waals surface area (Å²) in [4.78, 5) is 26.6. The molecule has 1 N–H and O–H groups in total. The first kappa shape index (κ1) is 18.8. The van der Waals surface area contributed by atoms with Crippen molar-refractivity contribution in [3.8, 4) is 11.5 Å². The van der Waals surface area contributed by atoms with E-state index in [0.717, 1.165) is 11.8 Å². The molecule has 0 aliphatic heterocycles. The van der Waals surface area contributed by atoms with Crippen LogP contribution in [0, 0.1) is 10.1 Å². The second-order valence-electron chi connectivity index (χ2n) is 5.29. The molecule has 1 atom stereocenters. The number of hydrogen-bond donors (Lipinski definition) is 1. The zero-order chi connectivity index (χ0) is 19.4. The predicted octanol–water partition coefficient (Wildman–Crippen LogP) is 3.81. The highest BCUT2D eigenvalue weighted by Gasteiger charge is 2.20. The molecule has 0 unspecified atom stereocenters. The number of amides is 1.